The Hall–Kier alpha value is -1.42. The van der Waals surface area contributed by atoms with E-state index in [1.807, 2.05) is 17.0 Å². The molecule has 1 saturated carbocycles. The van der Waals surface area contributed by atoms with Gasteiger partial charge in [-0.15, -0.1) is 0 Å². The van der Waals surface area contributed by atoms with Gasteiger partial charge >= 0.3 is 0 Å². The molecular formula is C18H25FN2O. The normalized spacial score (nSPS) is 22.1. The van der Waals surface area contributed by atoms with Crippen molar-refractivity contribution in [1.82, 2.24) is 9.80 Å². The number of hydrogen-bond donors (Lipinski definition) is 0. The highest BCUT2D eigenvalue weighted by molar-refractivity contribution is 5.78. The standard InChI is InChI=1S/C18H25FN2O/c1-14-5-4-10-20(11-14)18(22)13-21(16-8-9-16)12-15-6-2-3-7-17(15)19/h2-3,6-7,14,16H,4-5,8-13H2,1H3. The average Bonchev–Trinajstić information content (AvgIpc) is 3.33. The van der Waals surface area contributed by atoms with Gasteiger partial charge in [0.15, 0.2) is 0 Å². The fourth-order valence-corrected chi connectivity index (χ4v) is 3.29. The maximum atomic E-state index is 13.9. The van der Waals surface area contributed by atoms with E-state index in [1.54, 1.807) is 6.07 Å². The smallest absolute Gasteiger partial charge is 0.236 e. The van der Waals surface area contributed by atoms with Gasteiger partial charge in [-0.1, -0.05) is 25.1 Å². The molecule has 1 atom stereocenters. The molecular weight excluding hydrogens is 279 g/mol. The average molecular weight is 304 g/mol. The van der Waals surface area contributed by atoms with E-state index in [1.165, 1.54) is 12.5 Å². The van der Waals surface area contributed by atoms with Gasteiger partial charge in [0.2, 0.25) is 5.91 Å². The second-order valence-electron chi connectivity index (χ2n) is 6.81. The zero-order chi connectivity index (χ0) is 15.5. The van der Waals surface area contributed by atoms with E-state index in [0.29, 0.717) is 30.6 Å². The van der Waals surface area contributed by atoms with Crippen molar-refractivity contribution in [3.05, 3.63) is 35.6 Å². The van der Waals surface area contributed by atoms with Crippen LogP contribution in [0, 0.1) is 11.7 Å². The Balaban J connectivity index is 1.62. The van der Waals surface area contributed by atoms with Crippen LogP contribution in [-0.4, -0.2) is 41.4 Å². The zero-order valence-corrected chi connectivity index (χ0v) is 13.3. The Labute approximate surface area is 132 Å². The molecule has 120 valence electrons. The molecule has 22 heavy (non-hydrogen) atoms. The molecule has 0 aromatic heterocycles. The van der Waals surface area contributed by atoms with Crippen molar-refractivity contribution in [3.8, 4) is 0 Å². The van der Waals surface area contributed by atoms with Gasteiger partial charge in [-0.25, -0.2) is 4.39 Å². The Morgan fingerprint density at radius 1 is 1.32 bits per heavy atom. The Morgan fingerprint density at radius 3 is 2.77 bits per heavy atom. The minimum Gasteiger partial charge on any atom is -0.341 e. The van der Waals surface area contributed by atoms with Crippen LogP contribution in [0.2, 0.25) is 0 Å². The van der Waals surface area contributed by atoms with Crippen LogP contribution in [0.15, 0.2) is 24.3 Å². The van der Waals surface area contributed by atoms with Crippen LogP contribution in [0.4, 0.5) is 4.39 Å². The Bertz CT molecular complexity index is 530. The third-order valence-electron chi connectivity index (χ3n) is 4.74. The van der Waals surface area contributed by atoms with Crippen molar-refractivity contribution < 1.29 is 9.18 Å². The van der Waals surface area contributed by atoms with Crippen LogP contribution in [-0.2, 0) is 11.3 Å². The van der Waals surface area contributed by atoms with Crippen molar-refractivity contribution >= 4 is 5.91 Å². The van der Waals surface area contributed by atoms with Gasteiger partial charge in [0.1, 0.15) is 5.82 Å². The summed E-state index contributed by atoms with van der Waals surface area (Å²) in [5.74, 6) is 0.626. The number of halogens is 1. The maximum absolute atomic E-state index is 13.9. The first-order valence-electron chi connectivity index (χ1n) is 8.38. The van der Waals surface area contributed by atoms with Crippen LogP contribution in [0.5, 0.6) is 0 Å². The first kappa shape index (κ1) is 15.5. The van der Waals surface area contributed by atoms with Gasteiger partial charge in [0, 0.05) is 31.2 Å². The second kappa shape index (κ2) is 6.78. The van der Waals surface area contributed by atoms with Crippen LogP contribution in [0.25, 0.3) is 0 Å². The summed E-state index contributed by atoms with van der Waals surface area (Å²) < 4.78 is 13.9. The van der Waals surface area contributed by atoms with Crippen LogP contribution < -0.4 is 0 Å². The Morgan fingerprint density at radius 2 is 2.09 bits per heavy atom. The highest BCUT2D eigenvalue weighted by Gasteiger charge is 2.32. The molecule has 1 aromatic carbocycles. The van der Waals surface area contributed by atoms with Gasteiger partial charge < -0.3 is 4.90 Å². The number of carbonyl (C=O) groups is 1. The minimum atomic E-state index is -0.174. The summed E-state index contributed by atoms with van der Waals surface area (Å²) in [4.78, 5) is 16.7. The summed E-state index contributed by atoms with van der Waals surface area (Å²) in [6, 6.07) is 7.33. The molecule has 0 radical (unpaired) electrons. The molecule has 3 rings (SSSR count). The summed E-state index contributed by atoms with van der Waals surface area (Å²) in [5, 5.41) is 0. The van der Waals surface area contributed by atoms with E-state index in [9.17, 15) is 9.18 Å². The van der Waals surface area contributed by atoms with E-state index in [-0.39, 0.29) is 11.7 Å². The quantitative estimate of drug-likeness (QED) is 0.835. The fourth-order valence-electron chi connectivity index (χ4n) is 3.29. The maximum Gasteiger partial charge on any atom is 0.236 e. The lowest BCUT2D eigenvalue weighted by Crippen LogP contribution is -2.45. The van der Waals surface area contributed by atoms with Crippen molar-refractivity contribution in [2.45, 2.75) is 45.2 Å². The molecule has 0 N–H and O–H groups in total. The first-order chi connectivity index (χ1) is 10.6. The van der Waals surface area contributed by atoms with E-state index in [2.05, 4.69) is 11.8 Å². The van der Waals surface area contributed by atoms with Gasteiger partial charge in [-0.3, -0.25) is 9.69 Å². The van der Waals surface area contributed by atoms with Gasteiger partial charge in [0.25, 0.3) is 0 Å². The molecule has 1 heterocycles. The molecule has 2 aliphatic rings. The third kappa shape index (κ3) is 3.86. The van der Waals surface area contributed by atoms with Crippen molar-refractivity contribution in [2.75, 3.05) is 19.6 Å². The number of benzene rings is 1. The number of amides is 1. The lowest BCUT2D eigenvalue weighted by atomic mass is 10.0. The highest BCUT2D eigenvalue weighted by Crippen LogP contribution is 2.29. The van der Waals surface area contributed by atoms with Crippen LogP contribution in [0.3, 0.4) is 0 Å². The third-order valence-corrected chi connectivity index (χ3v) is 4.74. The fraction of sp³-hybridized carbons (Fsp3) is 0.611. The molecule has 1 aliphatic heterocycles. The first-order valence-corrected chi connectivity index (χ1v) is 8.38. The summed E-state index contributed by atoms with van der Waals surface area (Å²) in [7, 11) is 0. The van der Waals surface area contributed by atoms with Gasteiger partial charge in [-0.05, 0) is 37.7 Å². The van der Waals surface area contributed by atoms with E-state index in [4.69, 9.17) is 0 Å². The lowest BCUT2D eigenvalue weighted by Gasteiger charge is -2.33. The SMILES string of the molecule is CC1CCCN(C(=O)CN(Cc2ccccc2F)C2CC2)C1. The zero-order valence-electron chi connectivity index (χ0n) is 13.3. The number of likely N-dealkylation sites (tertiary alicyclic amines) is 1. The molecule has 2 fully saturated rings. The number of rotatable bonds is 5. The van der Waals surface area contributed by atoms with E-state index in [0.717, 1.165) is 32.4 Å². The molecule has 4 heteroatoms. The summed E-state index contributed by atoms with van der Waals surface area (Å²) in [6.45, 7) is 4.91. The van der Waals surface area contributed by atoms with Crippen molar-refractivity contribution in [1.29, 1.82) is 0 Å². The molecule has 1 unspecified atom stereocenters. The predicted octanol–water partition coefficient (Wildman–Crippen LogP) is 3.05. The Kier molecular flexibility index (Phi) is 4.77. The minimum absolute atomic E-state index is 0.174. The summed E-state index contributed by atoms with van der Waals surface area (Å²) in [6.07, 6.45) is 4.56. The number of hydrogen-bond acceptors (Lipinski definition) is 2. The largest absolute Gasteiger partial charge is 0.341 e. The monoisotopic (exact) mass is 304 g/mol. The topological polar surface area (TPSA) is 23.6 Å². The van der Waals surface area contributed by atoms with E-state index >= 15 is 0 Å². The highest BCUT2D eigenvalue weighted by atomic mass is 19.1. The predicted molar refractivity (Wildman–Crippen MR) is 84.8 cm³/mol. The van der Waals surface area contributed by atoms with Gasteiger partial charge in [-0.2, -0.15) is 0 Å². The molecule has 1 saturated heterocycles. The van der Waals surface area contributed by atoms with Crippen LogP contribution >= 0.6 is 0 Å². The number of piperidine rings is 1. The molecule has 0 bridgehead atoms. The lowest BCUT2D eigenvalue weighted by molar-refractivity contribution is -0.134. The van der Waals surface area contributed by atoms with Gasteiger partial charge in [0.05, 0.1) is 6.54 Å². The van der Waals surface area contributed by atoms with Crippen molar-refractivity contribution in [2.24, 2.45) is 5.92 Å². The molecule has 1 aromatic rings. The molecule has 1 amide bonds. The van der Waals surface area contributed by atoms with Crippen molar-refractivity contribution in [3.63, 3.8) is 0 Å². The van der Waals surface area contributed by atoms with Crippen LogP contribution in [0.1, 0.15) is 38.2 Å². The number of carbonyl (C=O) groups excluding carboxylic acids is 1. The number of nitrogens with zero attached hydrogens (tertiary/aromatic N) is 2. The second-order valence-corrected chi connectivity index (χ2v) is 6.81. The molecule has 1 aliphatic carbocycles. The summed E-state index contributed by atoms with van der Waals surface area (Å²) in [5.41, 5.74) is 0.689. The molecule has 0 spiro atoms. The molecule has 3 nitrogen and oxygen atoms in total. The summed E-state index contributed by atoms with van der Waals surface area (Å²) >= 11 is 0. The van der Waals surface area contributed by atoms with E-state index < -0.39 is 0 Å².